The number of carbonyl (C=O) groups is 2. The number of nitrogens with two attached hydrogens (primary N) is 1. The third-order valence-electron chi connectivity index (χ3n) is 3.54. The zero-order valence-corrected chi connectivity index (χ0v) is 14.3. The van der Waals surface area contributed by atoms with Crippen LogP contribution < -0.4 is 16.4 Å². The van der Waals surface area contributed by atoms with Crippen molar-refractivity contribution in [2.45, 2.75) is 17.9 Å². The van der Waals surface area contributed by atoms with Gasteiger partial charge in [-0.1, -0.05) is 0 Å². The number of hydrogen-bond donors (Lipinski definition) is 3. The van der Waals surface area contributed by atoms with Crippen molar-refractivity contribution in [2.75, 3.05) is 31.6 Å². The van der Waals surface area contributed by atoms with Gasteiger partial charge in [0.1, 0.15) is 16.8 Å². The molecule has 11 heteroatoms. The van der Waals surface area contributed by atoms with Gasteiger partial charge in [0.25, 0.3) is 0 Å². The van der Waals surface area contributed by atoms with Crippen LogP contribution in [0.3, 0.4) is 0 Å². The first-order chi connectivity index (χ1) is 11.7. The third kappa shape index (κ3) is 4.65. The van der Waals surface area contributed by atoms with Crippen LogP contribution in [0.1, 0.15) is 6.92 Å². The zero-order valence-electron chi connectivity index (χ0n) is 13.5. The fourth-order valence-corrected chi connectivity index (χ4v) is 3.73. The van der Waals surface area contributed by atoms with E-state index in [9.17, 15) is 22.4 Å². The molecular weight excluding hydrogens is 355 g/mol. The molecule has 138 valence electrons. The molecule has 1 saturated heterocycles. The lowest BCUT2D eigenvalue weighted by Crippen LogP contribution is -2.44. The van der Waals surface area contributed by atoms with Crippen molar-refractivity contribution in [1.29, 1.82) is 0 Å². The molecule has 0 radical (unpaired) electrons. The summed E-state index contributed by atoms with van der Waals surface area (Å²) in [7, 11) is -4.05. The van der Waals surface area contributed by atoms with Crippen LogP contribution in [0.5, 0.6) is 0 Å². The predicted molar refractivity (Wildman–Crippen MR) is 86.8 cm³/mol. The number of sulfonamides is 1. The van der Waals surface area contributed by atoms with E-state index in [0.29, 0.717) is 0 Å². The van der Waals surface area contributed by atoms with Gasteiger partial charge in [-0.25, -0.2) is 17.6 Å². The van der Waals surface area contributed by atoms with Crippen molar-refractivity contribution in [3.05, 3.63) is 24.0 Å². The van der Waals surface area contributed by atoms with Crippen LogP contribution >= 0.6 is 0 Å². The molecule has 1 aliphatic heterocycles. The molecule has 1 aromatic carbocycles. The molecule has 0 aromatic heterocycles. The molecule has 0 aliphatic carbocycles. The molecule has 9 nitrogen and oxygen atoms in total. The highest BCUT2D eigenvalue weighted by Gasteiger charge is 2.29. The van der Waals surface area contributed by atoms with Gasteiger partial charge in [0, 0.05) is 18.8 Å². The lowest BCUT2D eigenvalue weighted by molar-refractivity contribution is -0.117. The number of morpholine rings is 1. The minimum absolute atomic E-state index is 0.0800. The first-order valence-corrected chi connectivity index (χ1v) is 8.90. The average Bonchev–Trinajstić information content (AvgIpc) is 2.56. The molecule has 1 heterocycles. The van der Waals surface area contributed by atoms with E-state index < -0.39 is 38.7 Å². The van der Waals surface area contributed by atoms with Gasteiger partial charge in [-0.05, 0) is 25.1 Å². The summed E-state index contributed by atoms with van der Waals surface area (Å²) in [6.07, 6.45) is 0. The Labute approximate surface area is 144 Å². The van der Waals surface area contributed by atoms with Gasteiger partial charge in [0.2, 0.25) is 15.9 Å². The highest BCUT2D eigenvalue weighted by Crippen LogP contribution is 2.24. The number of hydrogen-bond acceptors (Lipinski definition) is 5. The van der Waals surface area contributed by atoms with E-state index in [1.54, 1.807) is 0 Å². The zero-order chi connectivity index (χ0) is 18.6. The maximum Gasteiger partial charge on any atom is 0.312 e. The van der Waals surface area contributed by atoms with E-state index in [-0.39, 0.29) is 32.0 Å². The average molecular weight is 374 g/mol. The van der Waals surface area contributed by atoms with Crippen molar-refractivity contribution >= 4 is 27.6 Å². The maximum atomic E-state index is 14.1. The first-order valence-electron chi connectivity index (χ1n) is 7.46. The second-order valence-corrected chi connectivity index (χ2v) is 7.29. The second kappa shape index (κ2) is 7.76. The van der Waals surface area contributed by atoms with Gasteiger partial charge in [-0.3, -0.25) is 4.79 Å². The van der Waals surface area contributed by atoms with Gasteiger partial charge >= 0.3 is 6.03 Å². The number of nitrogens with one attached hydrogen (secondary N) is 2. The normalized spacial score (nSPS) is 16.9. The molecule has 1 atom stereocenters. The Morgan fingerprint density at radius 1 is 1.32 bits per heavy atom. The summed E-state index contributed by atoms with van der Waals surface area (Å²) in [6, 6.07) is 1.39. The summed E-state index contributed by atoms with van der Waals surface area (Å²) in [5.74, 6) is -1.55. The number of rotatable bonds is 5. The number of benzene rings is 1. The monoisotopic (exact) mass is 374 g/mol. The molecule has 1 aliphatic rings. The Hall–Kier alpha value is -2.24. The number of amides is 3. The number of anilines is 1. The number of ether oxygens (including phenoxy) is 1. The van der Waals surface area contributed by atoms with Crippen LogP contribution in [0.2, 0.25) is 0 Å². The van der Waals surface area contributed by atoms with E-state index in [1.165, 1.54) is 13.0 Å². The van der Waals surface area contributed by atoms with Gasteiger partial charge in [-0.15, -0.1) is 0 Å². The quantitative estimate of drug-likeness (QED) is 0.659. The fourth-order valence-electron chi connectivity index (χ4n) is 2.23. The van der Waals surface area contributed by atoms with E-state index in [4.69, 9.17) is 10.5 Å². The standard InChI is InChI=1S/C14H19FN4O5S/c1-9(17-14(16)21)13(20)18-10-2-3-11(15)12(8-10)25(22,23)19-4-6-24-7-5-19/h2-3,8-9H,4-7H2,1H3,(H,18,20)(H3,16,17,21)/t9-/m0/s1. The molecule has 1 aromatic rings. The highest BCUT2D eigenvalue weighted by molar-refractivity contribution is 7.89. The number of carbonyl (C=O) groups excluding carboxylic acids is 2. The Morgan fingerprint density at radius 3 is 2.56 bits per heavy atom. The summed E-state index contributed by atoms with van der Waals surface area (Å²) in [6.45, 7) is 2.10. The van der Waals surface area contributed by atoms with E-state index >= 15 is 0 Å². The van der Waals surface area contributed by atoms with Crippen LogP contribution in [-0.2, 0) is 19.6 Å². The summed E-state index contributed by atoms with van der Waals surface area (Å²) >= 11 is 0. The van der Waals surface area contributed by atoms with E-state index in [0.717, 1.165) is 16.4 Å². The molecule has 0 spiro atoms. The van der Waals surface area contributed by atoms with Crippen molar-refractivity contribution in [1.82, 2.24) is 9.62 Å². The van der Waals surface area contributed by atoms with Crippen LogP contribution in [-0.4, -0.2) is 57.0 Å². The lowest BCUT2D eigenvalue weighted by atomic mass is 10.2. The van der Waals surface area contributed by atoms with Gasteiger partial charge in [-0.2, -0.15) is 4.31 Å². The van der Waals surface area contributed by atoms with Crippen molar-refractivity contribution < 1.29 is 27.1 Å². The van der Waals surface area contributed by atoms with Crippen molar-refractivity contribution in [3.8, 4) is 0 Å². The molecule has 25 heavy (non-hydrogen) atoms. The van der Waals surface area contributed by atoms with Crippen molar-refractivity contribution in [2.24, 2.45) is 5.73 Å². The molecule has 0 saturated carbocycles. The molecule has 0 bridgehead atoms. The maximum absolute atomic E-state index is 14.1. The van der Waals surface area contributed by atoms with Crippen LogP contribution in [0.15, 0.2) is 23.1 Å². The number of halogens is 1. The third-order valence-corrected chi connectivity index (χ3v) is 5.45. The Kier molecular flexibility index (Phi) is 5.93. The Balaban J connectivity index is 2.22. The first kappa shape index (κ1) is 19.1. The fraction of sp³-hybridized carbons (Fsp3) is 0.429. The second-order valence-electron chi connectivity index (χ2n) is 5.38. The van der Waals surface area contributed by atoms with Gasteiger partial charge < -0.3 is 21.1 Å². The van der Waals surface area contributed by atoms with E-state index in [1.807, 2.05) is 0 Å². The van der Waals surface area contributed by atoms with Gasteiger partial charge in [0.05, 0.1) is 13.2 Å². The summed E-state index contributed by atoms with van der Waals surface area (Å²) in [5, 5.41) is 4.59. The SMILES string of the molecule is C[C@H](NC(N)=O)C(=O)Nc1ccc(F)c(S(=O)(=O)N2CCOCC2)c1. The Morgan fingerprint density at radius 2 is 1.96 bits per heavy atom. The molecule has 3 amide bonds. The van der Waals surface area contributed by atoms with E-state index in [2.05, 4.69) is 10.6 Å². The topological polar surface area (TPSA) is 131 Å². The van der Waals surface area contributed by atoms with Crippen LogP contribution in [0.4, 0.5) is 14.9 Å². The minimum Gasteiger partial charge on any atom is -0.379 e. The largest absolute Gasteiger partial charge is 0.379 e. The smallest absolute Gasteiger partial charge is 0.312 e. The number of urea groups is 1. The van der Waals surface area contributed by atoms with Crippen LogP contribution in [0, 0.1) is 5.82 Å². The molecule has 2 rings (SSSR count). The molecular formula is C14H19FN4O5S. The molecule has 0 unspecified atom stereocenters. The number of nitrogens with zero attached hydrogens (tertiary/aromatic N) is 1. The number of primary amides is 1. The predicted octanol–water partition coefficient (Wildman–Crippen LogP) is -0.158. The summed E-state index contributed by atoms with van der Waals surface area (Å²) in [5.41, 5.74) is 5.01. The molecule has 1 fully saturated rings. The highest BCUT2D eigenvalue weighted by atomic mass is 32.2. The lowest BCUT2D eigenvalue weighted by Gasteiger charge is -2.26. The van der Waals surface area contributed by atoms with Crippen LogP contribution in [0.25, 0.3) is 0 Å². The minimum atomic E-state index is -4.05. The van der Waals surface area contributed by atoms with Gasteiger partial charge in [0.15, 0.2) is 0 Å². The summed E-state index contributed by atoms with van der Waals surface area (Å²) in [4.78, 5) is 22.2. The van der Waals surface area contributed by atoms with Crippen molar-refractivity contribution in [3.63, 3.8) is 0 Å². The Bertz CT molecular complexity index is 764. The molecule has 4 N–H and O–H groups in total. The summed E-state index contributed by atoms with van der Waals surface area (Å²) < 4.78 is 45.4.